The molecule has 3 nitrogen and oxygen atoms in total. The summed E-state index contributed by atoms with van der Waals surface area (Å²) in [4.78, 5) is 5.12. The zero-order chi connectivity index (χ0) is 9.14. The van der Waals surface area contributed by atoms with Gasteiger partial charge in [0.1, 0.15) is 0 Å². The van der Waals surface area contributed by atoms with Crippen LogP contribution in [0.1, 0.15) is 5.69 Å². The maximum absolute atomic E-state index is 4.92. The van der Waals surface area contributed by atoms with E-state index in [9.17, 15) is 0 Å². The zero-order valence-electron chi connectivity index (χ0n) is 7.29. The minimum absolute atomic E-state index is 0.521. The number of hydrogen-bond donors (Lipinski definition) is 1. The Labute approximate surface area is 80.8 Å². The van der Waals surface area contributed by atoms with Gasteiger partial charge in [0.15, 0.2) is 9.91 Å². The highest BCUT2D eigenvalue weighted by molar-refractivity contribution is 7.80. The van der Waals surface area contributed by atoms with Crippen LogP contribution in [0.25, 0.3) is 0 Å². The second-order valence-corrected chi connectivity index (χ2v) is 3.61. The van der Waals surface area contributed by atoms with Gasteiger partial charge in [-0.2, -0.15) is 4.99 Å². The van der Waals surface area contributed by atoms with Gasteiger partial charge >= 0.3 is 0 Å². The van der Waals surface area contributed by atoms with Gasteiger partial charge in [0.25, 0.3) is 0 Å². The summed E-state index contributed by atoms with van der Waals surface area (Å²) in [6.07, 6.45) is 0. The molecule has 0 aliphatic carbocycles. The summed E-state index contributed by atoms with van der Waals surface area (Å²) in [7, 11) is 3.75. The van der Waals surface area contributed by atoms with Crippen molar-refractivity contribution in [3.8, 4) is 0 Å². The number of thiocarbonyl (C=S) groups is 1. The van der Waals surface area contributed by atoms with Gasteiger partial charge in [0.05, 0.1) is 0 Å². The first-order valence-electron chi connectivity index (χ1n) is 3.52. The predicted octanol–water partition coefficient (Wildman–Crippen LogP) is 0.800. The van der Waals surface area contributed by atoms with E-state index in [1.54, 1.807) is 18.4 Å². The first-order chi connectivity index (χ1) is 5.65. The van der Waals surface area contributed by atoms with Crippen molar-refractivity contribution >= 4 is 28.7 Å². The lowest BCUT2D eigenvalue weighted by molar-refractivity contribution is 0.836. The van der Waals surface area contributed by atoms with Crippen LogP contribution in [0.3, 0.4) is 0 Å². The third-order valence-corrected chi connectivity index (χ3v) is 2.89. The number of aryl methyl sites for hydroxylation is 1. The monoisotopic (exact) mass is 201 g/mol. The zero-order valence-corrected chi connectivity index (χ0v) is 8.92. The SMILES string of the molecule is CNC(=S)/N=c1/scc(C)n1C. The molecule has 0 spiro atoms. The Balaban J connectivity index is 3.10. The van der Waals surface area contributed by atoms with Crippen LogP contribution in [0, 0.1) is 6.92 Å². The van der Waals surface area contributed by atoms with Gasteiger partial charge in [-0.05, 0) is 19.1 Å². The van der Waals surface area contributed by atoms with Crippen molar-refractivity contribution in [2.45, 2.75) is 6.92 Å². The number of rotatable bonds is 0. The van der Waals surface area contributed by atoms with E-state index in [0.29, 0.717) is 5.11 Å². The van der Waals surface area contributed by atoms with Gasteiger partial charge in [-0.1, -0.05) is 0 Å². The second kappa shape index (κ2) is 3.82. The standard InChI is InChI=1S/C7H11N3S2/c1-5-4-12-7(10(5)3)9-6(11)8-2/h4H,1-3H3,(H,8,11)/b9-7+. The summed E-state index contributed by atoms with van der Waals surface area (Å²) in [5.74, 6) is 0. The van der Waals surface area contributed by atoms with Crippen LogP contribution in [0.4, 0.5) is 0 Å². The smallest absolute Gasteiger partial charge is 0.195 e. The van der Waals surface area contributed by atoms with E-state index >= 15 is 0 Å². The Morgan fingerprint density at radius 1 is 1.75 bits per heavy atom. The van der Waals surface area contributed by atoms with Crippen molar-refractivity contribution in [2.24, 2.45) is 12.0 Å². The molecule has 1 N–H and O–H groups in total. The average Bonchev–Trinajstić information content (AvgIpc) is 2.36. The highest BCUT2D eigenvalue weighted by Crippen LogP contribution is 1.96. The van der Waals surface area contributed by atoms with Crippen molar-refractivity contribution in [1.29, 1.82) is 0 Å². The minimum Gasteiger partial charge on any atom is -0.364 e. The van der Waals surface area contributed by atoms with Gasteiger partial charge in [0.2, 0.25) is 0 Å². The largest absolute Gasteiger partial charge is 0.364 e. The molecule has 0 aliphatic heterocycles. The van der Waals surface area contributed by atoms with Crippen LogP contribution < -0.4 is 10.1 Å². The van der Waals surface area contributed by atoms with E-state index in [1.807, 2.05) is 18.5 Å². The van der Waals surface area contributed by atoms with E-state index in [4.69, 9.17) is 12.2 Å². The Hall–Kier alpha value is -0.680. The fraction of sp³-hybridized carbons (Fsp3) is 0.429. The Kier molecular flexibility index (Phi) is 2.99. The van der Waals surface area contributed by atoms with E-state index in [1.165, 1.54) is 5.69 Å². The van der Waals surface area contributed by atoms with Crippen LogP contribution in [0.2, 0.25) is 0 Å². The number of aromatic nitrogens is 1. The number of hydrogen-bond acceptors (Lipinski definition) is 2. The molecule has 12 heavy (non-hydrogen) atoms. The molecular weight excluding hydrogens is 190 g/mol. The van der Waals surface area contributed by atoms with Crippen LogP contribution >= 0.6 is 23.6 Å². The average molecular weight is 201 g/mol. The fourth-order valence-electron chi connectivity index (χ4n) is 0.691. The molecule has 1 aromatic heterocycles. The highest BCUT2D eigenvalue weighted by Gasteiger charge is 1.95. The van der Waals surface area contributed by atoms with Gasteiger partial charge < -0.3 is 9.88 Å². The Morgan fingerprint density at radius 2 is 2.42 bits per heavy atom. The molecule has 1 rings (SSSR count). The molecule has 0 fully saturated rings. The second-order valence-electron chi connectivity index (χ2n) is 2.39. The van der Waals surface area contributed by atoms with Gasteiger partial charge in [-0.3, -0.25) is 0 Å². The van der Waals surface area contributed by atoms with Crippen molar-refractivity contribution in [2.75, 3.05) is 7.05 Å². The van der Waals surface area contributed by atoms with Crippen molar-refractivity contribution < 1.29 is 0 Å². The predicted molar refractivity (Wildman–Crippen MR) is 55.2 cm³/mol. The lowest BCUT2D eigenvalue weighted by Crippen LogP contribution is -2.20. The van der Waals surface area contributed by atoms with E-state index in [2.05, 4.69) is 15.7 Å². The minimum atomic E-state index is 0.521. The molecule has 0 amide bonds. The summed E-state index contributed by atoms with van der Waals surface area (Å²) in [6, 6.07) is 0. The summed E-state index contributed by atoms with van der Waals surface area (Å²) >= 11 is 6.51. The molecule has 0 radical (unpaired) electrons. The number of nitrogens with one attached hydrogen (secondary N) is 1. The van der Waals surface area contributed by atoms with Crippen molar-refractivity contribution in [3.63, 3.8) is 0 Å². The highest BCUT2D eigenvalue weighted by atomic mass is 32.1. The van der Waals surface area contributed by atoms with E-state index in [0.717, 1.165) is 4.80 Å². The third-order valence-electron chi connectivity index (χ3n) is 1.56. The molecule has 1 heterocycles. The lowest BCUT2D eigenvalue weighted by Gasteiger charge is -1.95. The normalized spacial score (nSPS) is 11.8. The van der Waals surface area contributed by atoms with Crippen molar-refractivity contribution in [3.05, 3.63) is 15.9 Å². The fourth-order valence-corrected chi connectivity index (χ4v) is 1.72. The van der Waals surface area contributed by atoms with Crippen LogP contribution in [-0.4, -0.2) is 16.7 Å². The molecule has 5 heteroatoms. The van der Waals surface area contributed by atoms with Gasteiger partial charge in [0, 0.05) is 25.2 Å². The van der Waals surface area contributed by atoms with Crippen LogP contribution in [0.5, 0.6) is 0 Å². The molecule has 66 valence electrons. The molecule has 0 saturated heterocycles. The summed E-state index contributed by atoms with van der Waals surface area (Å²) < 4.78 is 2.01. The molecule has 0 saturated carbocycles. The topological polar surface area (TPSA) is 29.3 Å². The Bertz CT molecular complexity index is 348. The molecule has 0 aliphatic rings. The first kappa shape index (κ1) is 9.41. The van der Waals surface area contributed by atoms with Crippen molar-refractivity contribution in [1.82, 2.24) is 9.88 Å². The van der Waals surface area contributed by atoms with Crippen LogP contribution in [-0.2, 0) is 7.05 Å². The summed E-state index contributed by atoms with van der Waals surface area (Å²) in [5.41, 5.74) is 1.19. The summed E-state index contributed by atoms with van der Waals surface area (Å²) in [5, 5.41) is 5.38. The maximum atomic E-state index is 4.92. The molecule has 0 bridgehead atoms. The molecule has 0 atom stereocenters. The van der Waals surface area contributed by atoms with Crippen LogP contribution in [0.15, 0.2) is 10.4 Å². The maximum Gasteiger partial charge on any atom is 0.195 e. The first-order valence-corrected chi connectivity index (χ1v) is 4.81. The number of nitrogens with zero attached hydrogens (tertiary/aromatic N) is 2. The van der Waals surface area contributed by atoms with E-state index < -0.39 is 0 Å². The lowest BCUT2D eigenvalue weighted by atomic mass is 10.6. The summed E-state index contributed by atoms with van der Waals surface area (Å²) in [6.45, 7) is 2.04. The quantitative estimate of drug-likeness (QED) is 0.629. The van der Waals surface area contributed by atoms with E-state index in [-0.39, 0.29) is 0 Å². The van der Waals surface area contributed by atoms with Gasteiger partial charge in [-0.15, -0.1) is 11.3 Å². The number of thiazole rings is 1. The molecule has 0 aromatic carbocycles. The third kappa shape index (κ3) is 1.92. The molecule has 0 unspecified atom stereocenters. The molecular formula is C7H11N3S2. The van der Waals surface area contributed by atoms with Gasteiger partial charge in [-0.25, -0.2) is 0 Å². The molecule has 1 aromatic rings. The Morgan fingerprint density at radius 3 is 2.83 bits per heavy atom.